The average Bonchev–Trinajstić information content (AvgIpc) is 2.17. The molecule has 0 spiro atoms. The van der Waals surface area contributed by atoms with Gasteiger partial charge < -0.3 is 5.21 Å². The molecule has 0 radical (unpaired) electrons. The monoisotopic (exact) mass is 185 g/mol. The van der Waals surface area contributed by atoms with Gasteiger partial charge in [-0.15, -0.1) is 0 Å². The van der Waals surface area contributed by atoms with Crippen LogP contribution in [0.5, 0.6) is 0 Å². The van der Waals surface area contributed by atoms with Crippen LogP contribution in [-0.2, 0) is 6.42 Å². The van der Waals surface area contributed by atoms with Crippen LogP contribution in [0.2, 0.25) is 0 Å². The molecule has 0 aromatic carbocycles. The molecular formula is C7H8ClN3O. The Bertz CT molecular complexity index is 283. The number of aromatic nitrogens is 2. The highest BCUT2D eigenvalue weighted by Gasteiger charge is 2.02. The quantitative estimate of drug-likeness (QED) is 0.431. The Morgan fingerprint density at radius 1 is 1.58 bits per heavy atom. The van der Waals surface area contributed by atoms with Crippen LogP contribution < -0.4 is 0 Å². The summed E-state index contributed by atoms with van der Waals surface area (Å²) in [5, 5.41) is 11.0. The van der Waals surface area contributed by atoms with Crippen LogP contribution in [0.3, 0.4) is 0 Å². The lowest BCUT2D eigenvalue weighted by molar-refractivity contribution is 0.320. The zero-order chi connectivity index (χ0) is 8.97. The van der Waals surface area contributed by atoms with Crippen molar-refractivity contribution < 1.29 is 5.21 Å². The molecule has 0 aliphatic rings. The van der Waals surface area contributed by atoms with Crippen molar-refractivity contribution in [2.24, 2.45) is 5.16 Å². The summed E-state index contributed by atoms with van der Waals surface area (Å²) in [7, 11) is 0. The molecule has 0 unspecified atom stereocenters. The van der Waals surface area contributed by atoms with Gasteiger partial charge in [-0.25, -0.2) is 9.97 Å². The minimum absolute atomic E-state index is 0.0994. The molecule has 0 aliphatic heterocycles. The van der Waals surface area contributed by atoms with Gasteiger partial charge in [0.2, 0.25) is 5.17 Å². The average molecular weight is 186 g/mol. The minimum Gasteiger partial charge on any atom is -0.410 e. The largest absolute Gasteiger partial charge is 0.410 e. The van der Waals surface area contributed by atoms with E-state index < -0.39 is 0 Å². The lowest BCUT2D eigenvalue weighted by atomic mass is 10.3. The van der Waals surface area contributed by atoms with E-state index in [1.54, 1.807) is 12.4 Å². The Hall–Kier alpha value is -1.16. The van der Waals surface area contributed by atoms with Crippen LogP contribution in [0.4, 0.5) is 0 Å². The van der Waals surface area contributed by atoms with Gasteiger partial charge in [-0.05, 0) is 12.0 Å². The summed E-state index contributed by atoms with van der Waals surface area (Å²) in [6.45, 7) is 2.00. The molecule has 1 rings (SSSR count). The SMILES string of the molecule is CCc1cnc(C(Cl)=NO)nc1. The van der Waals surface area contributed by atoms with Gasteiger partial charge >= 0.3 is 0 Å². The summed E-state index contributed by atoms with van der Waals surface area (Å²) < 4.78 is 0. The van der Waals surface area contributed by atoms with E-state index in [9.17, 15) is 0 Å². The lowest BCUT2D eigenvalue weighted by Gasteiger charge is -1.96. The number of aryl methyl sites for hydroxylation is 1. The first-order valence-electron chi connectivity index (χ1n) is 3.46. The first-order chi connectivity index (χ1) is 5.77. The Labute approximate surface area is 74.9 Å². The zero-order valence-corrected chi connectivity index (χ0v) is 7.28. The molecule has 4 nitrogen and oxygen atoms in total. The first-order valence-corrected chi connectivity index (χ1v) is 3.84. The molecule has 0 atom stereocenters. The fourth-order valence-electron chi connectivity index (χ4n) is 0.689. The van der Waals surface area contributed by atoms with Crippen molar-refractivity contribution in [2.45, 2.75) is 13.3 Å². The molecule has 1 heterocycles. The number of rotatable bonds is 2. The zero-order valence-electron chi connectivity index (χ0n) is 6.53. The predicted octanol–water partition coefficient (Wildman–Crippen LogP) is 1.41. The fraction of sp³-hybridized carbons (Fsp3) is 0.286. The van der Waals surface area contributed by atoms with Gasteiger partial charge in [0, 0.05) is 12.4 Å². The van der Waals surface area contributed by atoms with Crippen molar-refractivity contribution in [1.29, 1.82) is 0 Å². The normalized spacial score (nSPS) is 11.7. The molecule has 12 heavy (non-hydrogen) atoms. The third kappa shape index (κ3) is 1.92. The van der Waals surface area contributed by atoms with Crippen LogP contribution in [0.15, 0.2) is 17.5 Å². The van der Waals surface area contributed by atoms with E-state index in [-0.39, 0.29) is 11.0 Å². The molecule has 64 valence electrons. The molecule has 1 N–H and O–H groups in total. The Kier molecular flexibility index (Phi) is 2.99. The maximum atomic E-state index is 8.29. The molecule has 1 aromatic rings. The first kappa shape index (κ1) is 8.93. The number of hydrogen-bond donors (Lipinski definition) is 1. The Morgan fingerprint density at radius 3 is 2.58 bits per heavy atom. The Morgan fingerprint density at radius 2 is 2.17 bits per heavy atom. The molecule has 0 bridgehead atoms. The van der Waals surface area contributed by atoms with Gasteiger partial charge in [-0.3, -0.25) is 0 Å². The number of halogens is 1. The van der Waals surface area contributed by atoms with Crippen molar-refractivity contribution >= 4 is 16.8 Å². The third-order valence-electron chi connectivity index (χ3n) is 1.39. The van der Waals surface area contributed by atoms with Crippen LogP contribution in [-0.4, -0.2) is 20.3 Å². The highest BCUT2D eigenvalue weighted by Crippen LogP contribution is 2.00. The maximum Gasteiger partial charge on any atom is 0.212 e. The molecular weight excluding hydrogens is 178 g/mol. The topological polar surface area (TPSA) is 58.4 Å². The maximum absolute atomic E-state index is 8.29. The van der Waals surface area contributed by atoms with E-state index in [1.807, 2.05) is 6.92 Å². The summed E-state index contributed by atoms with van der Waals surface area (Å²) in [6, 6.07) is 0. The second-order valence-corrected chi connectivity index (χ2v) is 2.52. The van der Waals surface area contributed by atoms with Crippen molar-refractivity contribution in [3.63, 3.8) is 0 Å². The molecule has 0 aliphatic carbocycles. The molecule has 0 amide bonds. The molecule has 0 saturated carbocycles. The van der Waals surface area contributed by atoms with E-state index in [0.29, 0.717) is 0 Å². The van der Waals surface area contributed by atoms with Gasteiger partial charge in [0.15, 0.2) is 5.82 Å². The van der Waals surface area contributed by atoms with E-state index in [4.69, 9.17) is 16.8 Å². The minimum atomic E-state index is -0.0994. The fourth-order valence-corrected chi connectivity index (χ4v) is 0.786. The van der Waals surface area contributed by atoms with E-state index in [1.165, 1.54) is 0 Å². The van der Waals surface area contributed by atoms with Crippen molar-refractivity contribution in [3.05, 3.63) is 23.8 Å². The number of oxime groups is 1. The summed E-state index contributed by atoms with van der Waals surface area (Å²) >= 11 is 5.46. The highest BCUT2D eigenvalue weighted by atomic mass is 35.5. The van der Waals surface area contributed by atoms with Crippen LogP contribution in [0, 0.1) is 0 Å². The second-order valence-electron chi connectivity index (χ2n) is 2.16. The van der Waals surface area contributed by atoms with Crippen LogP contribution in [0.1, 0.15) is 18.3 Å². The van der Waals surface area contributed by atoms with E-state index in [2.05, 4.69) is 15.1 Å². The van der Waals surface area contributed by atoms with Gasteiger partial charge in [-0.2, -0.15) is 0 Å². The van der Waals surface area contributed by atoms with Crippen molar-refractivity contribution in [2.75, 3.05) is 0 Å². The predicted molar refractivity (Wildman–Crippen MR) is 45.6 cm³/mol. The highest BCUT2D eigenvalue weighted by molar-refractivity contribution is 6.68. The van der Waals surface area contributed by atoms with Crippen molar-refractivity contribution in [3.8, 4) is 0 Å². The summed E-state index contributed by atoms with van der Waals surface area (Å²) in [6.07, 6.45) is 4.17. The number of hydrogen-bond acceptors (Lipinski definition) is 4. The van der Waals surface area contributed by atoms with E-state index >= 15 is 0 Å². The summed E-state index contributed by atoms with van der Waals surface area (Å²) in [4.78, 5) is 7.77. The third-order valence-corrected chi connectivity index (χ3v) is 1.63. The smallest absolute Gasteiger partial charge is 0.212 e. The van der Waals surface area contributed by atoms with Gasteiger partial charge in [-0.1, -0.05) is 23.7 Å². The summed E-state index contributed by atoms with van der Waals surface area (Å²) in [5.41, 5.74) is 1.01. The second kappa shape index (κ2) is 4.01. The molecule has 5 heteroatoms. The number of nitrogens with zero attached hydrogens (tertiary/aromatic N) is 3. The van der Waals surface area contributed by atoms with Crippen LogP contribution >= 0.6 is 11.6 Å². The van der Waals surface area contributed by atoms with E-state index in [0.717, 1.165) is 12.0 Å². The summed E-state index contributed by atoms with van der Waals surface area (Å²) in [5.74, 6) is 0.233. The standard InChI is InChI=1S/C7H8ClN3O/c1-2-5-3-9-7(10-4-5)6(8)11-12/h3-4,12H,2H2,1H3. The van der Waals surface area contributed by atoms with Gasteiger partial charge in [0.05, 0.1) is 0 Å². The molecule has 1 aromatic heterocycles. The Balaban J connectivity index is 2.92. The molecule has 0 saturated heterocycles. The van der Waals surface area contributed by atoms with Gasteiger partial charge in [0.25, 0.3) is 0 Å². The van der Waals surface area contributed by atoms with Crippen molar-refractivity contribution in [1.82, 2.24) is 9.97 Å². The van der Waals surface area contributed by atoms with Gasteiger partial charge in [0.1, 0.15) is 0 Å². The molecule has 0 fully saturated rings. The van der Waals surface area contributed by atoms with Crippen LogP contribution in [0.25, 0.3) is 0 Å². The lowest BCUT2D eigenvalue weighted by Crippen LogP contribution is -2.00.